The highest BCUT2D eigenvalue weighted by Gasteiger charge is 2.59. The van der Waals surface area contributed by atoms with Crippen LogP contribution in [-0.4, -0.2) is 11.2 Å². The molecule has 1 heterocycles. The van der Waals surface area contributed by atoms with E-state index in [-0.39, 0.29) is 22.9 Å². The fourth-order valence-corrected chi connectivity index (χ4v) is 9.58. The van der Waals surface area contributed by atoms with Gasteiger partial charge in [-0.3, -0.25) is 0 Å². The molecule has 0 radical (unpaired) electrons. The van der Waals surface area contributed by atoms with Gasteiger partial charge < -0.3 is 10.8 Å². The van der Waals surface area contributed by atoms with E-state index in [1.165, 1.54) is 36.2 Å². The van der Waals surface area contributed by atoms with Crippen LogP contribution in [0.2, 0.25) is 0 Å². The lowest BCUT2D eigenvalue weighted by Gasteiger charge is -2.58. The molecule has 1 aromatic heterocycles. The van der Waals surface area contributed by atoms with Gasteiger partial charge in [-0.15, -0.1) is 10.2 Å². The van der Waals surface area contributed by atoms with Crippen molar-refractivity contribution in [1.82, 2.24) is 0 Å². The van der Waals surface area contributed by atoms with E-state index >= 15 is 0 Å². The topological polar surface area (TPSA) is 94.8 Å². The van der Waals surface area contributed by atoms with Crippen LogP contribution in [0.4, 0.5) is 15.7 Å². The molecule has 0 aliphatic heterocycles. The van der Waals surface area contributed by atoms with Crippen LogP contribution < -0.4 is 5.73 Å². The third-order valence-electron chi connectivity index (χ3n) is 10.5. The Labute approximate surface area is 218 Å². The molecule has 4 aliphatic carbocycles. The molecule has 0 saturated heterocycles. The van der Waals surface area contributed by atoms with E-state index in [2.05, 4.69) is 36.2 Å². The first kappa shape index (κ1) is 23.9. The van der Waals surface area contributed by atoms with Crippen LogP contribution in [0, 0.1) is 39.9 Å². The molecule has 188 valence electrons. The van der Waals surface area contributed by atoms with E-state index < -0.39 is 0 Å². The molecule has 3 N–H and O–H groups in total. The van der Waals surface area contributed by atoms with Gasteiger partial charge in [-0.1, -0.05) is 55.0 Å². The molecule has 6 rings (SSSR count). The van der Waals surface area contributed by atoms with E-state index in [0.717, 1.165) is 48.4 Å². The standard InChI is InChI=1S/C30H36N4OS/c1-29-14-12-20(35)16-18(29)8-9-21-23-10-11-25(30(23,2)15-13-24(21)29)26-22(17-31)27(32)36-28(26)34-33-19-6-4-3-5-7-19/h3-8,20-21,23-25,35H,9-16,32H2,1-2H3/t20-,21-,23-,24-,25+,29-,30-/m0/s1. The fourth-order valence-electron chi connectivity index (χ4n) is 8.68. The Morgan fingerprint density at radius 1 is 1.06 bits per heavy atom. The first-order valence-corrected chi connectivity index (χ1v) is 14.3. The minimum absolute atomic E-state index is 0.132. The zero-order valence-corrected chi connectivity index (χ0v) is 22.1. The highest BCUT2D eigenvalue weighted by Crippen LogP contribution is 2.69. The van der Waals surface area contributed by atoms with Crippen molar-refractivity contribution in [3.8, 4) is 6.07 Å². The Kier molecular flexibility index (Phi) is 5.85. The van der Waals surface area contributed by atoms with E-state index in [1.54, 1.807) is 0 Å². The number of nitriles is 1. The highest BCUT2D eigenvalue weighted by molar-refractivity contribution is 7.20. The smallest absolute Gasteiger partial charge is 0.145 e. The van der Waals surface area contributed by atoms with Gasteiger partial charge in [0.1, 0.15) is 16.1 Å². The lowest BCUT2D eigenvalue weighted by molar-refractivity contribution is -0.0408. The van der Waals surface area contributed by atoms with Crippen molar-refractivity contribution in [2.75, 3.05) is 5.73 Å². The fraction of sp³-hybridized carbons (Fsp3) is 0.567. The van der Waals surface area contributed by atoms with Gasteiger partial charge in [0.2, 0.25) is 0 Å². The van der Waals surface area contributed by atoms with Crippen molar-refractivity contribution in [3.63, 3.8) is 0 Å². The maximum Gasteiger partial charge on any atom is 0.145 e. The third-order valence-corrected chi connectivity index (χ3v) is 11.4. The number of hydrogen-bond acceptors (Lipinski definition) is 6. The largest absolute Gasteiger partial charge is 0.393 e. The number of nitrogens with two attached hydrogens (primary N) is 1. The molecule has 0 bridgehead atoms. The van der Waals surface area contributed by atoms with Gasteiger partial charge in [0, 0.05) is 5.56 Å². The maximum absolute atomic E-state index is 10.3. The summed E-state index contributed by atoms with van der Waals surface area (Å²) in [7, 11) is 0. The summed E-state index contributed by atoms with van der Waals surface area (Å²) in [4.78, 5) is 0. The number of azo groups is 1. The molecule has 0 amide bonds. The van der Waals surface area contributed by atoms with Crippen molar-refractivity contribution in [1.29, 1.82) is 5.26 Å². The average Bonchev–Trinajstić information content (AvgIpc) is 3.38. The molecule has 3 fully saturated rings. The quantitative estimate of drug-likeness (QED) is 0.330. The summed E-state index contributed by atoms with van der Waals surface area (Å²) in [5.41, 5.74) is 10.7. The number of aliphatic hydroxyl groups is 1. The summed E-state index contributed by atoms with van der Waals surface area (Å²) < 4.78 is 0. The summed E-state index contributed by atoms with van der Waals surface area (Å²) in [5, 5.41) is 30.9. The minimum Gasteiger partial charge on any atom is -0.393 e. The van der Waals surface area contributed by atoms with Gasteiger partial charge in [0.05, 0.1) is 17.4 Å². The van der Waals surface area contributed by atoms with Gasteiger partial charge in [0.15, 0.2) is 0 Å². The van der Waals surface area contributed by atoms with Crippen molar-refractivity contribution < 1.29 is 5.11 Å². The Morgan fingerprint density at radius 3 is 2.64 bits per heavy atom. The zero-order chi connectivity index (χ0) is 25.1. The number of rotatable bonds is 3. The summed E-state index contributed by atoms with van der Waals surface area (Å²) in [6, 6.07) is 12.2. The second-order valence-corrected chi connectivity index (χ2v) is 13.1. The lowest BCUT2D eigenvalue weighted by atomic mass is 9.47. The van der Waals surface area contributed by atoms with Crippen molar-refractivity contribution in [3.05, 3.63) is 53.1 Å². The number of nitrogens with zero attached hydrogens (tertiary/aromatic N) is 3. The SMILES string of the molecule is C[C@]12CC[C@H]3[C@@H](CC=C4C[C@@H](O)CC[C@@]43C)[C@@H]1CC[C@@H]2c1c(N=Nc2ccccc2)sc(N)c1C#N. The number of nitrogen functional groups attached to an aromatic ring is 1. The van der Waals surface area contributed by atoms with Crippen molar-refractivity contribution in [2.24, 2.45) is 38.8 Å². The van der Waals surface area contributed by atoms with Gasteiger partial charge in [-0.25, -0.2) is 0 Å². The summed E-state index contributed by atoms with van der Waals surface area (Å²) >= 11 is 1.41. The predicted molar refractivity (Wildman–Crippen MR) is 145 cm³/mol. The number of aliphatic hydroxyl groups excluding tert-OH is 1. The number of fused-ring (bicyclic) bond motifs is 5. The monoisotopic (exact) mass is 500 g/mol. The van der Waals surface area contributed by atoms with Crippen molar-refractivity contribution in [2.45, 2.75) is 77.2 Å². The molecule has 1 aromatic carbocycles. The third kappa shape index (κ3) is 3.58. The zero-order valence-electron chi connectivity index (χ0n) is 21.3. The van der Waals surface area contributed by atoms with Crippen LogP contribution in [0.3, 0.4) is 0 Å². The summed E-state index contributed by atoms with van der Waals surface area (Å²) in [6.07, 6.45) is 11.0. The van der Waals surface area contributed by atoms with Gasteiger partial charge >= 0.3 is 0 Å². The molecule has 3 saturated carbocycles. The molecular formula is C30H36N4OS. The number of anilines is 1. The Bertz CT molecular complexity index is 1260. The lowest BCUT2D eigenvalue weighted by Crippen LogP contribution is -2.50. The van der Waals surface area contributed by atoms with Crippen LogP contribution in [0.1, 0.15) is 82.3 Å². The molecular weight excluding hydrogens is 464 g/mol. The van der Waals surface area contributed by atoms with Crippen molar-refractivity contribution >= 4 is 27.0 Å². The molecule has 7 atom stereocenters. The number of allylic oxidation sites excluding steroid dienone is 1. The minimum atomic E-state index is -0.164. The van der Waals surface area contributed by atoms with E-state index in [9.17, 15) is 10.4 Å². The normalized spacial score (nSPS) is 37.6. The molecule has 36 heavy (non-hydrogen) atoms. The Morgan fingerprint density at radius 2 is 1.86 bits per heavy atom. The van der Waals surface area contributed by atoms with Crippen LogP contribution in [-0.2, 0) is 0 Å². The average molecular weight is 501 g/mol. The van der Waals surface area contributed by atoms with Gasteiger partial charge in [0.25, 0.3) is 0 Å². The second-order valence-electron chi connectivity index (χ2n) is 12.0. The number of benzene rings is 1. The maximum atomic E-state index is 10.3. The first-order chi connectivity index (χ1) is 17.3. The number of thiophene rings is 1. The highest BCUT2D eigenvalue weighted by atomic mass is 32.1. The van der Waals surface area contributed by atoms with E-state index in [4.69, 9.17) is 5.73 Å². The summed E-state index contributed by atoms with van der Waals surface area (Å²) in [6.45, 7) is 4.96. The molecule has 6 heteroatoms. The first-order valence-electron chi connectivity index (χ1n) is 13.5. The molecule has 0 spiro atoms. The molecule has 4 aliphatic rings. The van der Waals surface area contributed by atoms with Gasteiger partial charge in [-0.2, -0.15) is 5.26 Å². The summed E-state index contributed by atoms with van der Waals surface area (Å²) in [5.74, 6) is 2.28. The Balaban J connectivity index is 1.35. The van der Waals surface area contributed by atoms with E-state index in [0.29, 0.717) is 28.3 Å². The molecule has 0 unspecified atom stereocenters. The molecule has 2 aromatic rings. The van der Waals surface area contributed by atoms with Crippen LogP contribution in [0.25, 0.3) is 0 Å². The van der Waals surface area contributed by atoms with Crippen LogP contribution in [0.15, 0.2) is 52.2 Å². The predicted octanol–water partition coefficient (Wildman–Crippen LogP) is 8.02. The van der Waals surface area contributed by atoms with Crippen LogP contribution in [0.5, 0.6) is 0 Å². The van der Waals surface area contributed by atoms with E-state index in [1.807, 2.05) is 30.3 Å². The Hall–Kier alpha value is -2.49. The second kappa shape index (κ2) is 8.82. The van der Waals surface area contributed by atoms with Gasteiger partial charge in [-0.05, 0) is 98.0 Å². The van der Waals surface area contributed by atoms with Crippen LogP contribution >= 0.6 is 11.3 Å². The number of hydrogen-bond donors (Lipinski definition) is 2. The molecule has 5 nitrogen and oxygen atoms in total.